The summed E-state index contributed by atoms with van der Waals surface area (Å²) in [5, 5.41) is 2.68. The largest absolute Gasteiger partial charge is 0.379 e. The minimum Gasteiger partial charge on any atom is -0.379 e. The Labute approximate surface area is 116 Å². The summed E-state index contributed by atoms with van der Waals surface area (Å²) in [6, 6.07) is -0.438. The maximum Gasteiger partial charge on any atom is 0.246 e. The van der Waals surface area contributed by atoms with E-state index < -0.39 is 6.04 Å². The molecule has 0 rings (SSSR count). The van der Waals surface area contributed by atoms with Crippen LogP contribution in [-0.4, -0.2) is 43.7 Å². The Morgan fingerprint density at radius 3 is 2.26 bits per heavy atom. The molecule has 0 saturated carbocycles. The van der Waals surface area contributed by atoms with Crippen LogP contribution < -0.4 is 5.32 Å². The SMILES string of the molecule is COC(C)(C)CCOCC(=O)NC(C(C)=O)C(C)C. The fourth-order valence-electron chi connectivity index (χ4n) is 1.54. The molecule has 0 aromatic rings. The molecule has 0 aliphatic heterocycles. The summed E-state index contributed by atoms with van der Waals surface area (Å²) in [5.74, 6) is -0.220. The lowest BCUT2D eigenvalue weighted by Gasteiger charge is -2.23. The lowest BCUT2D eigenvalue weighted by molar-refractivity contribution is -0.131. The Kier molecular flexibility index (Phi) is 7.87. The number of hydrogen-bond acceptors (Lipinski definition) is 4. The second kappa shape index (κ2) is 8.27. The second-order valence-electron chi connectivity index (χ2n) is 5.67. The third-order valence-corrected chi connectivity index (χ3v) is 3.06. The molecule has 0 aliphatic rings. The number of ether oxygens (including phenoxy) is 2. The Bertz CT molecular complexity index is 300. The molecule has 0 heterocycles. The van der Waals surface area contributed by atoms with Gasteiger partial charge in [-0.2, -0.15) is 0 Å². The fourth-order valence-corrected chi connectivity index (χ4v) is 1.54. The van der Waals surface area contributed by atoms with E-state index in [1.165, 1.54) is 6.92 Å². The van der Waals surface area contributed by atoms with Crippen molar-refractivity contribution in [3.8, 4) is 0 Å². The van der Waals surface area contributed by atoms with Gasteiger partial charge in [0.15, 0.2) is 5.78 Å². The molecule has 1 unspecified atom stereocenters. The van der Waals surface area contributed by atoms with Crippen molar-refractivity contribution in [1.82, 2.24) is 5.32 Å². The Balaban J connectivity index is 3.96. The summed E-state index contributed by atoms with van der Waals surface area (Å²) >= 11 is 0. The molecule has 0 spiro atoms. The number of carbonyl (C=O) groups is 2. The predicted octanol–water partition coefficient (Wildman–Crippen LogP) is 1.55. The van der Waals surface area contributed by atoms with Gasteiger partial charge in [-0.05, 0) is 33.1 Å². The third-order valence-electron chi connectivity index (χ3n) is 3.06. The van der Waals surface area contributed by atoms with Crippen molar-refractivity contribution >= 4 is 11.7 Å². The van der Waals surface area contributed by atoms with E-state index in [9.17, 15) is 9.59 Å². The van der Waals surface area contributed by atoms with Crippen LogP contribution in [-0.2, 0) is 19.1 Å². The zero-order valence-electron chi connectivity index (χ0n) is 12.9. The van der Waals surface area contributed by atoms with Crippen LogP contribution in [0.5, 0.6) is 0 Å². The average molecular weight is 273 g/mol. The van der Waals surface area contributed by atoms with Gasteiger partial charge in [0, 0.05) is 13.7 Å². The van der Waals surface area contributed by atoms with E-state index in [4.69, 9.17) is 9.47 Å². The summed E-state index contributed by atoms with van der Waals surface area (Å²) in [7, 11) is 1.65. The highest BCUT2D eigenvalue weighted by Gasteiger charge is 2.21. The van der Waals surface area contributed by atoms with Gasteiger partial charge >= 0.3 is 0 Å². The first-order chi connectivity index (χ1) is 8.69. The highest BCUT2D eigenvalue weighted by Crippen LogP contribution is 2.12. The van der Waals surface area contributed by atoms with Gasteiger partial charge in [0.25, 0.3) is 0 Å². The number of hydrogen-bond donors (Lipinski definition) is 1. The number of nitrogens with one attached hydrogen (secondary N) is 1. The first-order valence-corrected chi connectivity index (χ1v) is 6.62. The van der Waals surface area contributed by atoms with Crippen LogP contribution in [0.2, 0.25) is 0 Å². The van der Waals surface area contributed by atoms with Crippen molar-refractivity contribution in [2.75, 3.05) is 20.3 Å². The number of rotatable bonds is 9. The van der Waals surface area contributed by atoms with Crippen LogP contribution in [0.15, 0.2) is 0 Å². The zero-order valence-corrected chi connectivity index (χ0v) is 12.9. The monoisotopic (exact) mass is 273 g/mol. The van der Waals surface area contributed by atoms with E-state index in [0.29, 0.717) is 13.0 Å². The lowest BCUT2D eigenvalue weighted by Crippen LogP contribution is -2.44. The van der Waals surface area contributed by atoms with Gasteiger partial charge in [0.1, 0.15) is 6.61 Å². The van der Waals surface area contributed by atoms with E-state index in [-0.39, 0.29) is 29.8 Å². The van der Waals surface area contributed by atoms with Crippen molar-refractivity contribution in [3.63, 3.8) is 0 Å². The molecule has 1 atom stereocenters. The molecule has 0 bridgehead atoms. The van der Waals surface area contributed by atoms with E-state index in [2.05, 4.69) is 5.32 Å². The highest BCUT2D eigenvalue weighted by atomic mass is 16.5. The quantitative estimate of drug-likeness (QED) is 0.647. The van der Waals surface area contributed by atoms with Gasteiger partial charge in [-0.3, -0.25) is 9.59 Å². The molecule has 0 aromatic heterocycles. The highest BCUT2D eigenvalue weighted by molar-refractivity contribution is 5.88. The van der Waals surface area contributed by atoms with Crippen molar-refractivity contribution in [1.29, 1.82) is 0 Å². The third kappa shape index (κ3) is 7.95. The molecule has 5 heteroatoms. The maximum absolute atomic E-state index is 11.6. The average Bonchev–Trinajstić information content (AvgIpc) is 2.31. The van der Waals surface area contributed by atoms with Crippen LogP contribution >= 0.6 is 0 Å². The Morgan fingerprint density at radius 1 is 1.26 bits per heavy atom. The zero-order chi connectivity index (χ0) is 15.1. The van der Waals surface area contributed by atoms with Crippen molar-refractivity contribution in [2.45, 2.75) is 52.7 Å². The standard InChI is InChI=1S/C14H27NO4/c1-10(2)13(11(3)16)15-12(17)9-19-8-7-14(4,5)18-6/h10,13H,7-9H2,1-6H3,(H,15,17). The molecule has 0 aromatic carbocycles. The van der Waals surface area contributed by atoms with Crippen molar-refractivity contribution < 1.29 is 19.1 Å². The number of methoxy groups -OCH3 is 1. The summed E-state index contributed by atoms with van der Waals surface area (Å²) in [6.45, 7) is 9.61. The molecule has 112 valence electrons. The van der Waals surface area contributed by atoms with Crippen molar-refractivity contribution in [3.05, 3.63) is 0 Å². The normalized spacial score (nSPS) is 13.4. The van der Waals surface area contributed by atoms with Crippen LogP contribution in [0.3, 0.4) is 0 Å². The topological polar surface area (TPSA) is 64.6 Å². The summed E-state index contributed by atoms with van der Waals surface area (Å²) in [5.41, 5.74) is -0.254. The second-order valence-corrected chi connectivity index (χ2v) is 5.67. The Hall–Kier alpha value is -0.940. The number of ketones is 1. The molecular formula is C14H27NO4. The summed E-state index contributed by atoms with van der Waals surface area (Å²) < 4.78 is 10.5. The molecule has 0 aliphatic carbocycles. The van der Waals surface area contributed by atoms with Gasteiger partial charge in [-0.25, -0.2) is 0 Å². The van der Waals surface area contributed by atoms with Crippen molar-refractivity contribution in [2.24, 2.45) is 5.92 Å². The molecule has 19 heavy (non-hydrogen) atoms. The number of carbonyl (C=O) groups excluding carboxylic acids is 2. The van der Waals surface area contributed by atoms with E-state index in [1.54, 1.807) is 7.11 Å². The molecule has 0 fully saturated rings. The minimum atomic E-state index is -0.438. The summed E-state index contributed by atoms with van der Waals surface area (Å²) in [4.78, 5) is 23.0. The van der Waals surface area contributed by atoms with Gasteiger partial charge in [-0.15, -0.1) is 0 Å². The maximum atomic E-state index is 11.6. The molecule has 1 amide bonds. The van der Waals surface area contributed by atoms with Crippen LogP contribution in [0, 0.1) is 5.92 Å². The van der Waals surface area contributed by atoms with Gasteiger partial charge < -0.3 is 14.8 Å². The number of Topliss-reactive ketones (excluding diaryl/α,β-unsaturated/α-hetero) is 1. The molecule has 0 saturated heterocycles. The van der Waals surface area contributed by atoms with Gasteiger partial charge in [0.2, 0.25) is 5.91 Å². The lowest BCUT2D eigenvalue weighted by atomic mass is 10.0. The van der Waals surface area contributed by atoms with Gasteiger partial charge in [0.05, 0.1) is 11.6 Å². The smallest absolute Gasteiger partial charge is 0.246 e. The number of amides is 1. The molecular weight excluding hydrogens is 246 g/mol. The van der Waals surface area contributed by atoms with Gasteiger partial charge in [-0.1, -0.05) is 13.8 Å². The molecule has 5 nitrogen and oxygen atoms in total. The van der Waals surface area contributed by atoms with Crippen LogP contribution in [0.4, 0.5) is 0 Å². The molecule has 0 radical (unpaired) electrons. The molecule has 1 N–H and O–H groups in total. The van der Waals surface area contributed by atoms with E-state index in [1.807, 2.05) is 27.7 Å². The van der Waals surface area contributed by atoms with Crippen LogP contribution in [0.1, 0.15) is 41.0 Å². The Morgan fingerprint density at radius 2 is 1.84 bits per heavy atom. The minimum absolute atomic E-state index is 0.0315. The first kappa shape index (κ1) is 18.1. The fraction of sp³-hybridized carbons (Fsp3) is 0.857. The predicted molar refractivity (Wildman–Crippen MR) is 74.0 cm³/mol. The van der Waals surface area contributed by atoms with E-state index in [0.717, 1.165) is 0 Å². The summed E-state index contributed by atoms with van der Waals surface area (Å²) in [6.07, 6.45) is 0.705. The van der Waals surface area contributed by atoms with Crippen LogP contribution in [0.25, 0.3) is 0 Å². The van der Waals surface area contributed by atoms with E-state index >= 15 is 0 Å². The first-order valence-electron chi connectivity index (χ1n) is 6.62.